The van der Waals surface area contributed by atoms with E-state index in [1.165, 1.54) is 23.7 Å². The van der Waals surface area contributed by atoms with Gasteiger partial charge in [-0.1, -0.05) is 13.8 Å². The molecule has 29 heavy (non-hydrogen) atoms. The maximum absolute atomic E-state index is 13.4. The Hall–Kier alpha value is -2.59. The van der Waals surface area contributed by atoms with Crippen LogP contribution in [0.4, 0.5) is 11.5 Å². The summed E-state index contributed by atoms with van der Waals surface area (Å²) in [7, 11) is 2.97. The number of ether oxygens (including phenoxy) is 2. The fourth-order valence-electron chi connectivity index (χ4n) is 2.82. The summed E-state index contributed by atoms with van der Waals surface area (Å²) in [6, 6.07) is 4.93. The highest BCUT2D eigenvalue weighted by molar-refractivity contribution is 9.10. The number of benzene rings is 1. The van der Waals surface area contributed by atoms with Gasteiger partial charge in [-0.15, -0.1) is 0 Å². The number of aromatic amines is 1. The van der Waals surface area contributed by atoms with Gasteiger partial charge in [0.2, 0.25) is 0 Å². The van der Waals surface area contributed by atoms with Crippen LogP contribution in [0.15, 0.2) is 32.3 Å². The molecule has 1 aromatic carbocycles. The molecule has 2 rings (SSSR count). The summed E-state index contributed by atoms with van der Waals surface area (Å²) in [6.07, 6.45) is 0. The lowest BCUT2D eigenvalue weighted by Crippen LogP contribution is -2.43. The van der Waals surface area contributed by atoms with Gasteiger partial charge in [-0.2, -0.15) is 0 Å². The number of anilines is 2. The van der Waals surface area contributed by atoms with Gasteiger partial charge in [-0.05, 0) is 40.0 Å². The molecule has 0 saturated carbocycles. The van der Waals surface area contributed by atoms with Crippen molar-refractivity contribution < 1.29 is 14.3 Å². The van der Waals surface area contributed by atoms with Gasteiger partial charge in [0, 0.05) is 24.7 Å². The van der Waals surface area contributed by atoms with Crippen LogP contribution in [0.5, 0.6) is 5.75 Å². The molecule has 0 spiro atoms. The molecule has 1 heterocycles. The molecule has 0 aliphatic heterocycles. The zero-order valence-electron chi connectivity index (χ0n) is 16.8. The molecule has 1 aromatic heterocycles. The van der Waals surface area contributed by atoms with Gasteiger partial charge in [0.1, 0.15) is 11.6 Å². The van der Waals surface area contributed by atoms with Crippen molar-refractivity contribution in [1.82, 2.24) is 9.55 Å². The van der Waals surface area contributed by atoms with Crippen LogP contribution in [0.3, 0.4) is 0 Å². The van der Waals surface area contributed by atoms with Crippen molar-refractivity contribution in [1.29, 1.82) is 0 Å². The maximum atomic E-state index is 13.4. The number of carbonyl (C=O) groups is 1. The van der Waals surface area contributed by atoms with Crippen molar-refractivity contribution in [2.24, 2.45) is 5.92 Å². The van der Waals surface area contributed by atoms with Crippen molar-refractivity contribution in [3.8, 4) is 5.75 Å². The monoisotopic (exact) mass is 468 g/mol. The number of hydrogen-bond donors (Lipinski definition) is 2. The fraction of sp³-hybridized carbons (Fsp3) is 0.421. The van der Waals surface area contributed by atoms with Gasteiger partial charge in [0.15, 0.2) is 5.69 Å². The van der Waals surface area contributed by atoms with E-state index >= 15 is 0 Å². The van der Waals surface area contributed by atoms with Gasteiger partial charge in [-0.3, -0.25) is 24.0 Å². The average Bonchev–Trinajstić information content (AvgIpc) is 2.67. The van der Waals surface area contributed by atoms with E-state index in [2.05, 4.69) is 20.9 Å². The van der Waals surface area contributed by atoms with Crippen molar-refractivity contribution in [2.75, 3.05) is 38.0 Å². The van der Waals surface area contributed by atoms with Gasteiger partial charge in [0.05, 0.1) is 19.3 Å². The number of nitrogens with two attached hydrogens (primary N) is 1. The number of methoxy groups -OCH3 is 2. The van der Waals surface area contributed by atoms with E-state index in [9.17, 15) is 14.4 Å². The summed E-state index contributed by atoms with van der Waals surface area (Å²) in [5, 5.41) is 0. The first-order valence-electron chi connectivity index (χ1n) is 8.98. The molecule has 10 heteroatoms. The summed E-state index contributed by atoms with van der Waals surface area (Å²) in [5.74, 6) is 0.0231. The van der Waals surface area contributed by atoms with Crippen LogP contribution in [-0.2, 0) is 11.3 Å². The fourth-order valence-corrected chi connectivity index (χ4v) is 3.24. The molecule has 0 unspecified atom stereocenters. The summed E-state index contributed by atoms with van der Waals surface area (Å²) >= 11 is 3.36. The van der Waals surface area contributed by atoms with Crippen LogP contribution < -0.4 is 26.6 Å². The molecule has 0 atom stereocenters. The van der Waals surface area contributed by atoms with Crippen LogP contribution in [0, 0.1) is 5.92 Å². The predicted octanol–water partition coefficient (Wildman–Crippen LogP) is 1.84. The molecule has 9 nitrogen and oxygen atoms in total. The Kier molecular flexibility index (Phi) is 7.63. The third-order valence-electron chi connectivity index (χ3n) is 4.20. The average molecular weight is 469 g/mol. The number of rotatable bonds is 8. The molecule has 0 saturated heterocycles. The maximum Gasteiger partial charge on any atom is 0.330 e. The second-order valence-corrected chi connectivity index (χ2v) is 7.65. The van der Waals surface area contributed by atoms with E-state index in [-0.39, 0.29) is 36.1 Å². The molecule has 0 fully saturated rings. The largest absolute Gasteiger partial charge is 0.497 e. The predicted molar refractivity (Wildman–Crippen MR) is 115 cm³/mol. The van der Waals surface area contributed by atoms with Crippen LogP contribution in [-0.4, -0.2) is 42.8 Å². The second-order valence-electron chi connectivity index (χ2n) is 6.79. The van der Waals surface area contributed by atoms with Gasteiger partial charge in [-0.25, -0.2) is 4.79 Å². The lowest BCUT2D eigenvalue weighted by atomic mass is 10.1. The zero-order valence-corrected chi connectivity index (χ0v) is 18.4. The number of hydrogen-bond acceptors (Lipinski definition) is 6. The minimum atomic E-state index is -0.740. The first-order valence-corrected chi connectivity index (χ1v) is 9.77. The number of H-pyrrole nitrogens is 1. The molecule has 2 aromatic rings. The SMILES string of the molecule is COCCN(C(=O)c1cc(OC)ccc1Br)c1c(N)n(CC(C)C)c(=O)[nH]c1=O. The minimum absolute atomic E-state index is 0.0617. The van der Waals surface area contributed by atoms with Crippen molar-refractivity contribution in [3.05, 3.63) is 49.1 Å². The third-order valence-corrected chi connectivity index (χ3v) is 4.89. The molecule has 1 amide bonds. The van der Waals surface area contributed by atoms with E-state index in [0.717, 1.165) is 0 Å². The smallest absolute Gasteiger partial charge is 0.330 e. The lowest BCUT2D eigenvalue weighted by Gasteiger charge is -2.25. The summed E-state index contributed by atoms with van der Waals surface area (Å²) in [5.41, 5.74) is 5.01. The van der Waals surface area contributed by atoms with Gasteiger partial charge in [0.25, 0.3) is 11.5 Å². The van der Waals surface area contributed by atoms with E-state index in [1.807, 2.05) is 13.8 Å². The lowest BCUT2D eigenvalue weighted by molar-refractivity contribution is 0.0974. The Bertz CT molecular complexity index is 999. The Morgan fingerprint density at radius 1 is 1.31 bits per heavy atom. The van der Waals surface area contributed by atoms with Crippen molar-refractivity contribution >= 4 is 33.3 Å². The van der Waals surface area contributed by atoms with Crippen molar-refractivity contribution in [3.63, 3.8) is 0 Å². The zero-order chi connectivity index (χ0) is 21.7. The normalized spacial score (nSPS) is 11.0. The molecule has 0 bridgehead atoms. The molecular formula is C19H25BrN4O5. The van der Waals surface area contributed by atoms with Crippen LogP contribution >= 0.6 is 15.9 Å². The van der Waals surface area contributed by atoms with E-state index in [4.69, 9.17) is 15.2 Å². The van der Waals surface area contributed by atoms with Gasteiger partial charge < -0.3 is 15.2 Å². The standard InChI is InChI=1S/C19H25BrN4O5/c1-11(2)10-24-16(21)15(17(25)22-19(24)27)23(7-8-28-3)18(26)13-9-12(29-4)5-6-14(13)20/h5-6,9,11H,7-8,10,21H2,1-4H3,(H,22,25,27). The van der Waals surface area contributed by atoms with Gasteiger partial charge >= 0.3 is 5.69 Å². The van der Waals surface area contributed by atoms with Crippen LogP contribution in [0.1, 0.15) is 24.2 Å². The molecule has 0 radical (unpaired) electrons. The number of nitrogens with zero attached hydrogens (tertiary/aromatic N) is 2. The van der Waals surface area contributed by atoms with Crippen LogP contribution in [0.2, 0.25) is 0 Å². The highest BCUT2D eigenvalue weighted by Gasteiger charge is 2.27. The number of carbonyl (C=O) groups excluding carboxylic acids is 1. The number of amides is 1. The number of aromatic nitrogens is 2. The van der Waals surface area contributed by atoms with Crippen molar-refractivity contribution in [2.45, 2.75) is 20.4 Å². The topological polar surface area (TPSA) is 120 Å². The molecule has 158 valence electrons. The summed E-state index contributed by atoms with van der Waals surface area (Å²) in [4.78, 5) is 41.7. The molecule has 0 aliphatic rings. The quantitative estimate of drug-likeness (QED) is 0.609. The summed E-state index contributed by atoms with van der Waals surface area (Å²) < 4.78 is 12.1. The van der Waals surface area contributed by atoms with Crippen LogP contribution in [0.25, 0.3) is 0 Å². The Labute approximate surface area is 176 Å². The minimum Gasteiger partial charge on any atom is -0.497 e. The molecular weight excluding hydrogens is 444 g/mol. The second kappa shape index (κ2) is 9.75. The Morgan fingerprint density at radius 3 is 2.59 bits per heavy atom. The number of halogens is 1. The van der Waals surface area contributed by atoms with E-state index in [1.54, 1.807) is 18.2 Å². The Balaban J connectivity index is 2.66. The van der Waals surface area contributed by atoms with E-state index < -0.39 is 17.2 Å². The summed E-state index contributed by atoms with van der Waals surface area (Å²) in [6.45, 7) is 4.35. The number of nitrogens with one attached hydrogen (secondary N) is 1. The van der Waals surface area contributed by atoms with E-state index in [0.29, 0.717) is 16.8 Å². The highest BCUT2D eigenvalue weighted by Crippen LogP contribution is 2.26. The molecule has 0 aliphatic carbocycles. The number of nitrogen functional groups attached to an aromatic ring is 1. The molecule has 3 N–H and O–H groups in total. The third kappa shape index (κ3) is 5.07. The highest BCUT2D eigenvalue weighted by atomic mass is 79.9. The first-order chi connectivity index (χ1) is 13.7. The Morgan fingerprint density at radius 2 is 2.00 bits per heavy atom. The first kappa shape index (κ1) is 22.7.